The lowest BCUT2D eigenvalue weighted by Gasteiger charge is -2.56. The second kappa shape index (κ2) is 6.60. The maximum atomic E-state index is 13.2. The second-order valence-corrected chi connectivity index (χ2v) is 8.96. The highest BCUT2D eigenvalue weighted by Gasteiger charge is 2.54. The summed E-state index contributed by atoms with van der Waals surface area (Å²) in [4.78, 5) is 15.9. The number of fused-ring (bicyclic) bond motifs is 3. The molecule has 0 aliphatic carbocycles. The van der Waals surface area contributed by atoms with Gasteiger partial charge in [0.05, 0.1) is 12.1 Å². The number of rotatable bonds is 4. The molecule has 0 unspecified atom stereocenters. The molecule has 0 bridgehead atoms. The molecule has 0 spiro atoms. The lowest BCUT2D eigenvalue weighted by molar-refractivity contribution is -0.154. The number of benzene rings is 1. The molecule has 1 saturated heterocycles. The van der Waals surface area contributed by atoms with E-state index in [-0.39, 0.29) is 24.0 Å². The summed E-state index contributed by atoms with van der Waals surface area (Å²) in [6.45, 7) is 6.28. The van der Waals surface area contributed by atoms with E-state index in [9.17, 15) is 9.90 Å². The molecule has 1 fully saturated rings. The Morgan fingerprint density at radius 2 is 2.18 bits per heavy atom. The van der Waals surface area contributed by atoms with Gasteiger partial charge in [0, 0.05) is 23.1 Å². The molecule has 0 amide bonds. The largest absolute Gasteiger partial charge is 0.461 e. The molecule has 4 heterocycles. The molecular formula is C23H30N2O3. The molecule has 4 atom stereocenters. The lowest BCUT2D eigenvalue weighted by Crippen LogP contribution is -2.54. The van der Waals surface area contributed by atoms with Gasteiger partial charge >= 0.3 is 5.97 Å². The molecule has 0 radical (unpaired) electrons. The molecule has 5 rings (SSSR count). The third kappa shape index (κ3) is 2.49. The van der Waals surface area contributed by atoms with Crippen LogP contribution in [0.15, 0.2) is 24.3 Å². The number of hydrogen-bond acceptors (Lipinski definition) is 4. The predicted octanol–water partition coefficient (Wildman–Crippen LogP) is 3.60. The van der Waals surface area contributed by atoms with Gasteiger partial charge in [-0.05, 0) is 62.6 Å². The minimum atomic E-state index is -0.638. The van der Waals surface area contributed by atoms with Gasteiger partial charge in [-0.2, -0.15) is 0 Å². The van der Waals surface area contributed by atoms with Crippen LogP contribution >= 0.6 is 0 Å². The Morgan fingerprint density at radius 1 is 1.36 bits per heavy atom. The molecule has 1 aromatic heterocycles. The Morgan fingerprint density at radius 3 is 2.96 bits per heavy atom. The van der Waals surface area contributed by atoms with Crippen LogP contribution in [-0.4, -0.2) is 46.3 Å². The number of carbonyl (C=O) groups is 1. The van der Waals surface area contributed by atoms with Crippen LogP contribution in [-0.2, 0) is 16.0 Å². The number of aromatic nitrogens is 1. The highest BCUT2D eigenvalue weighted by molar-refractivity contribution is 5.89. The van der Waals surface area contributed by atoms with Crippen molar-refractivity contribution in [3.05, 3.63) is 35.5 Å². The zero-order valence-corrected chi connectivity index (χ0v) is 16.9. The summed E-state index contributed by atoms with van der Waals surface area (Å²) in [5.74, 6) is -0.196. The first-order chi connectivity index (χ1) is 13.6. The third-order valence-corrected chi connectivity index (χ3v) is 7.39. The van der Waals surface area contributed by atoms with Gasteiger partial charge in [0.15, 0.2) is 0 Å². The van der Waals surface area contributed by atoms with Gasteiger partial charge in [-0.1, -0.05) is 25.1 Å². The molecule has 1 aromatic carbocycles. The van der Waals surface area contributed by atoms with Crippen LogP contribution in [0, 0.1) is 5.41 Å². The van der Waals surface area contributed by atoms with Crippen molar-refractivity contribution < 1.29 is 14.6 Å². The number of piperidine rings is 1. The Kier molecular flexibility index (Phi) is 4.29. The molecule has 150 valence electrons. The van der Waals surface area contributed by atoms with Gasteiger partial charge in [-0.25, -0.2) is 4.79 Å². The lowest BCUT2D eigenvalue weighted by atomic mass is 9.63. The second-order valence-electron chi connectivity index (χ2n) is 8.96. The minimum Gasteiger partial charge on any atom is -0.461 e. The summed E-state index contributed by atoms with van der Waals surface area (Å²) in [6.07, 6.45) is 4.69. The Balaban J connectivity index is 1.71. The number of aliphatic hydroxyl groups excluding tert-OH is 1. The van der Waals surface area contributed by atoms with E-state index in [1.54, 1.807) is 6.92 Å². The molecule has 5 heteroatoms. The summed E-state index contributed by atoms with van der Waals surface area (Å²) in [5, 5.41) is 10.9. The van der Waals surface area contributed by atoms with Crippen molar-refractivity contribution in [3.63, 3.8) is 0 Å². The summed E-state index contributed by atoms with van der Waals surface area (Å²) in [5.41, 5.74) is 4.08. The standard InChI is InChI=1S/C23H30N2O3/c1-3-23-10-6-11-24-12-9-17-16-7-4-5-8-18(16)25(20(17)21(23)24)19(13-23)22(27)28-14-15(2)26/h4-5,7-8,15,19,21,26H,3,6,9-14H2,1-2H3/t15-,19-,21-,23+/m1/s1. The van der Waals surface area contributed by atoms with Gasteiger partial charge in [0.2, 0.25) is 0 Å². The maximum absolute atomic E-state index is 13.2. The maximum Gasteiger partial charge on any atom is 0.329 e. The van der Waals surface area contributed by atoms with Crippen LogP contribution in [0.4, 0.5) is 0 Å². The molecule has 3 aliphatic heterocycles. The van der Waals surface area contributed by atoms with Gasteiger partial charge in [-0.15, -0.1) is 0 Å². The number of aliphatic hydroxyl groups is 1. The average Bonchev–Trinajstić information content (AvgIpc) is 3.05. The van der Waals surface area contributed by atoms with E-state index in [2.05, 4.69) is 40.7 Å². The predicted molar refractivity (Wildman–Crippen MR) is 108 cm³/mol. The molecule has 1 N–H and O–H groups in total. The quantitative estimate of drug-likeness (QED) is 0.821. The van der Waals surface area contributed by atoms with Crippen molar-refractivity contribution in [1.82, 2.24) is 9.47 Å². The first kappa shape index (κ1) is 18.2. The van der Waals surface area contributed by atoms with Crippen molar-refractivity contribution >= 4 is 16.9 Å². The van der Waals surface area contributed by atoms with Crippen LogP contribution in [0.3, 0.4) is 0 Å². The number of ether oxygens (including phenoxy) is 1. The number of esters is 1. The van der Waals surface area contributed by atoms with E-state index >= 15 is 0 Å². The van der Waals surface area contributed by atoms with Crippen molar-refractivity contribution in [2.24, 2.45) is 5.41 Å². The Hall–Kier alpha value is -1.85. The molecule has 5 nitrogen and oxygen atoms in total. The van der Waals surface area contributed by atoms with Crippen LogP contribution in [0.5, 0.6) is 0 Å². The highest BCUT2D eigenvalue weighted by Crippen LogP contribution is 2.59. The van der Waals surface area contributed by atoms with Crippen molar-refractivity contribution in [2.75, 3.05) is 19.7 Å². The molecule has 3 aliphatic rings. The number of hydrogen-bond donors (Lipinski definition) is 1. The first-order valence-corrected chi connectivity index (χ1v) is 10.8. The van der Waals surface area contributed by atoms with Gasteiger partial charge < -0.3 is 14.4 Å². The van der Waals surface area contributed by atoms with E-state index in [1.807, 2.05) is 0 Å². The molecular weight excluding hydrogens is 352 g/mol. The molecule has 0 saturated carbocycles. The van der Waals surface area contributed by atoms with Crippen LogP contribution < -0.4 is 0 Å². The third-order valence-electron chi connectivity index (χ3n) is 7.39. The summed E-state index contributed by atoms with van der Waals surface area (Å²) >= 11 is 0. The highest BCUT2D eigenvalue weighted by atomic mass is 16.5. The fourth-order valence-corrected chi connectivity index (χ4v) is 6.19. The fraction of sp³-hybridized carbons (Fsp3) is 0.609. The molecule has 2 aromatic rings. The van der Waals surface area contributed by atoms with E-state index < -0.39 is 6.10 Å². The average molecular weight is 383 g/mol. The van der Waals surface area contributed by atoms with Crippen molar-refractivity contribution in [2.45, 2.75) is 64.1 Å². The normalized spacial score (nSPS) is 30.1. The zero-order chi connectivity index (χ0) is 19.5. The minimum absolute atomic E-state index is 0.0609. The summed E-state index contributed by atoms with van der Waals surface area (Å²) < 4.78 is 7.85. The van der Waals surface area contributed by atoms with Crippen LogP contribution in [0.2, 0.25) is 0 Å². The van der Waals surface area contributed by atoms with Crippen molar-refractivity contribution in [1.29, 1.82) is 0 Å². The topological polar surface area (TPSA) is 54.7 Å². The fourth-order valence-electron chi connectivity index (χ4n) is 6.19. The van der Waals surface area contributed by atoms with E-state index in [0.717, 1.165) is 37.9 Å². The monoisotopic (exact) mass is 382 g/mol. The van der Waals surface area contributed by atoms with Gasteiger partial charge in [0.25, 0.3) is 0 Å². The summed E-state index contributed by atoms with van der Waals surface area (Å²) in [7, 11) is 0. The zero-order valence-electron chi connectivity index (χ0n) is 16.9. The van der Waals surface area contributed by atoms with Crippen LogP contribution in [0.1, 0.15) is 62.9 Å². The van der Waals surface area contributed by atoms with Crippen molar-refractivity contribution in [3.8, 4) is 0 Å². The van der Waals surface area contributed by atoms with E-state index in [1.165, 1.54) is 29.5 Å². The first-order valence-electron chi connectivity index (χ1n) is 10.8. The Labute approximate surface area is 166 Å². The van der Waals surface area contributed by atoms with E-state index in [0.29, 0.717) is 6.04 Å². The van der Waals surface area contributed by atoms with Gasteiger partial charge in [-0.3, -0.25) is 4.90 Å². The SMILES string of the molecule is CC[C@]12CCCN3CCc4c(n(c5ccccc45)[C@@H](C(=O)OC[C@@H](C)O)C1)[C@@H]32. The number of nitrogens with zero attached hydrogens (tertiary/aromatic N) is 2. The van der Waals surface area contributed by atoms with Gasteiger partial charge in [0.1, 0.15) is 12.6 Å². The number of carbonyl (C=O) groups excluding carboxylic acids is 1. The van der Waals surface area contributed by atoms with E-state index in [4.69, 9.17) is 4.74 Å². The molecule has 28 heavy (non-hydrogen) atoms. The summed E-state index contributed by atoms with van der Waals surface area (Å²) in [6, 6.07) is 8.63. The Bertz CT molecular complexity index is 918. The van der Waals surface area contributed by atoms with Crippen LogP contribution in [0.25, 0.3) is 10.9 Å². The smallest absolute Gasteiger partial charge is 0.329 e. The number of para-hydroxylation sites is 1.